The van der Waals surface area contributed by atoms with E-state index in [1.807, 2.05) is 35.8 Å². The first kappa shape index (κ1) is 16.1. The Morgan fingerprint density at radius 3 is 2.58 bits per heavy atom. The summed E-state index contributed by atoms with van der Waals surface area (Å²) >= 11 is 0. The molecule has 0 bridgehead atoms. The number of carbonyl (C=O) groups is 1. The number of hydrogen-bond acceptors (Lipinski definition) is 4. The highest BCUT2D eigenvalue weighted by atomic mass is 16.5. The Morgan fingerprint density at radius 2 is 1.88 bits per heavy atom. The van der Waals surface area contributed by atoms with E-state index in [1.165, 1.54) is 7.11 Å². The highest BCUT2D eigenvalue weighted by Gasteiger charge is 2.16. The van der Waals surface area contributed by atoms with Crippen molar-refractivity contribution >= 4 is 27.9 Å². The number of aromatic nitrogens is 3. The summed E-state index contributed by atoms with van der Waals surface area (Å²) in [4.78, 5) is 31.9. The first-order valence-corrected chi connectivity index (χ1v) is 8.34. The number of H-pyrrole nitrogens is 1. The van der Waals surface area contributed by atoms with Crippen LogP contribution in [0.3, 0.4) is 0 Å². The van der Waals surface area contributed by atoms with Gasteiger partial charge in [-0.3, -0.25) is 4.79 Å². The second-order valence-electron chi connectivity index (χ2n) is 5.94. The highest BCUT2D eigenvalue weighted by Crippen LogP contribution is 2.26. The van der Waals surface area contributed by atoms with E-state index in [0.29, 0.717) is 29.0 Å². The fraction of sp³-hybridized carbons (Fsp3) is 0.150. The minimum Gasteiger partial charge on any atom is -0.465 e. The molecule has 2 heterocycles. The molecule has 2 aromatic carbocycles. The lowest BCUT2D eigenvalue weighted by Gasteiger charge is -2.05. The van der Waals surface area contributed by atoms with Gasteiger partial charge in [0.05, 0.1) is 23.6 Å². The molecule has 26 heavy (non-hydrogen) atoms. The Balaban J connectivity index is 1.94. The van der Waals surface area contributed by atoms with Crippen molar-refractivity contribution in [1.82, 2.24) is 14.5 Å². The molecule has 2 aromatic heterocycles. The Labute approximate surface area is 149 Å². The van der Waals surface area contributed by atoms with Gasteiger partial charge in [0.2, 0.25) is 0 Å². The van der Waals surface area contributed by atoms with Crippen LogP contribution < -0.4 is 5.56 Å². The third kappa shape index (κ3) is 2.38. The summed E-state index contributed by atoms with van der Waals surface area (Å²) in [5.74, 6) is 0.0657. The topological polar surface area (TPSA) is 77.0 Å². The highest BCUT2D eigenvalue weighted by molar-refractivity contribution is 6.06. The van der Waals surface area contributed by atoms with Crippen molar-refractivity contribution < 1.29 is 9.53 Å². The van der Waals surface area contributed by atoms with Crippen LogP contribution in [0.2, 0.25) is 0 Å². The van der Waals surface area contributed by atoms with Crippen LogP contribution in [0.4, 0.5) is 0 Å². The number of aryl methyl sites for hydroxylation is 1. The monoisotopic (exact) mass is 347 g/mol. The van der Waals surface area contributed by atoms with Gasteiger partial charge in [-0.05, 0) is 25.1 Å². The van der Waals surface area contributed by atoms with Gasteiger partial charge in [0.25, 0.3) is 5.56 Å². The summed E-state index contributed by atoms with van der Waals surface area (Å²) in [5, 5.41) is 1.49. The number of methoxy groups -OCH3 is 1. The van der Waals surface area contributed by atoms with Gasteiger partial charge >= 0.3 is 5.97 Å². The number of nitrogens with zero attached hydrogens (tertiary/aromatic N) is 2. The quantitative estimate of drug-likeness (QED) is 0.577. The van der Waals surface area contributed by atoms with Gasteiger partial charge in [0.1, 0.15) is 11.5 Å². The molecule has 0 aliphatic carbocycles. The number of aromatic amines is 1. The predicted molar refractivity (Wildman–Crippen MR) is 100 cm³/mol. The number of carbonyl (C=O) groups excluding carboxylic acids is 1. The summed E-state index contributed by atoms with van der Waals surface area (Å²) in [6, 6.07) is 14.6. The van der Waals surface area contributed by atoms with Crippen molar-refractivity contribution in [3.8, 4) is 11.4 Å². The maximum absolute atomic E-state index is 12.8. The van der Waals surface area contributed by atoms with Gasteiger partial charge in [0.15, 0.2) is 0 Å². The van der Waals surface area contributed by atoms with E-state index in [0.717, 1.165) is 16.5 Å². The van der Waals surface area contributed by atoms with Crippen LogP contribution in [-0.4, -0.2) is 27.6 Å². The molecule has 0 amide bonds. The molecule has 0 atom stereocenters. The van der Waals surface area contributed by atoms with E-state index < -0.39 is 5.97 Å². The minimum absolute atomic E-state index is 0.176. The van der Waals surface area contributed by atoms with Crippen molar-refractivity contribution in [1.29, 1.82) is 0 Å². The fourth-order valence-corrected chi connectivity index (χ4v) is 3.27. The Kier molecular flexibility index (Phi) is 3.80. The summed E-state index contributed by atoms with van der Waals surface area (Å²) in [6.45, 7) is 2.74. The first-order valence-electron chi connectivity index (χ1n) is 8.34. The zero-order chi connectivity index (χ0) is 18.3. The van der Waals surface area contributed by atoms with Crippen LogP contribution >= 0.6 is 0 Å². The van der Waals surface area contributed by atoms with Crippen molar-refractivity contribution in [2.24, 2.45) is 0 Å². The Bertz CT molecular complexity index is 1190. The number of rotatable bonds is 3. The van der Waals surface area contributed by atoms with E-state index in [9.17, 15) is 9.59 Å². The Hall–Kier alpha value is -3.41. The lowest BCUT2D eigenvalue weighted by atomic mass is 10.1. The molecule has 1 N–H and O–H groups in total. The second-order valence-corrected chi connectivity index (χ2v) is 5.94. The molecule has 0 unspecified atom stereocenters. The van der Waals surface area contributed by atoms with Gasteiger partial charge < -0.3 is 14.3 Å². The molecule has 6 heteroatoms. The molecule has 0 aliphatic rings. The van der Waals surface area contributed by atoms with Gasteiger partial charge in [-0.25, -0.2) is 9.78 Å². The molecule has 0 saturated heterocycles. The normalized spacial score (nSPS) is 11.2. The molecule has 130 valence electrons. The number of benzene rings is 2. The van der Waals surface area contributed by atoms with Crippen molar-refractivity contribution in [3.05, 3.63) is 64.4 Å². The third-order valence-corrected chi connectivity index (χ3v) is 4.52. The molecular formula is C20H17N3O3. The van der Waals surface area contributed by atoms with Crippen molar-refractivity contribution in [3.63, 3.8) is 0 Å². The first-order chi connectivity index (χ1) is 12.6. The van der Waals surface area contributed by atoms with E-state index in [4.69, 9.17) is 9.72 Å². The molecule has 0 spiro atoms. The zero-order valence-electron chi connectivity index (χ0n) is 14.4. The molecule has 0 radical (unpaired) electrons. The van der Waals surface area contributed by atoms with Crippen LogP contribution in [0.1, 0.15) is 17.3 Å². The summed E-state index contributed by atoms with van der Waals surface area (Å²) in [6.07, 6.45) is 0. The zero-order valence-corrected chi connectivity index (χ0v) is 14.4. The van der Waals surface area contributed by atoms with E-state index in [2.05, 4.69) is 4.98 Å². The lowest BCUT2D eigenvalue weighted by Crippen LogP contribution is -2.10. The van der Waals surface area contributed by atoms with Crippen LogP contribution in [0.25, 0.3) is 33.3 Å². The van der Waals surface area contributed by atoms with Crippen LogP contribution in [-0.2, 0) is 11.3 Å². The number of fused-ring (bicyclic) bond motifs is 3. The third-order valence-electron chi connectivity index (χ3n) is 4.52. The number of esters is 1. The van der Waals surface area contributed by atoms with Crippen molar-refractivity contribution in [2.75, 3.05) is 7.11 Å². The maximum atomic E-state index is 12.8. The van der Waals surface area contributed by atoms with Gasteiger partial charge in [-0.1, -0.05) is 30.3 Å². The molecular weight excluding hydrogens is 330 g/mol. The van der Waals surface area contributed by atoms with Crippen LogP contribution in [0.5, 0.6) is 0 Å². The summed E-state index contributed by atoms with van der Waals surface area (Å²) < 4.78 is 6.74. The van der Waals surface area contributed by atoms with Crippen LogP contribution in [0, 0.1) is 0 Å². The number of hydrogen-bond donors (Lipinski definition) is 1. The lowest BCUT2D eigenvalue weighted by molar-refractivity contribution is 0.0601. The number of nitrogens with one attached hydrogen (secondary N) is 1. The Morgan fingerprint density at radius 1 is 1.15 bits per heavy atom. The minimum atomic E-state index is -0.403. The fourth-order valence-electron chi connectivity index (χ4n) is 3.27. The van der Waals surface area contributed by atoms with Crippen molar-refractivity contribution in [2.45, 2.75) is 13.5 Å². The largest absolute Gasteiger partial charge is 0.465 e. The summed E-state index contributed by atoms with van der Waals surface area (Å²) in [5.41, 5.74) is 2.64. The SMILES string of the molecule is CCn1c2ccccc2c2c(=O)[nH]c(-c3ccc(C(=O)OC)cc3)nc21. The molecule has 4 rings (SSSR count). The summed E-state index contributed by atoms with van der Waals surface area (Å²) in [7, 11) is 1.34. The molecule has 0 aliphatic heterocycles. The molecule has 0 fully saturated rings. The average molecular weight is 347 g/mol. The molecule has 4 aromatic rings. The molecule has 6 nitrogen and oxygen atoms in total. The maximum Gasteiger partial charge on any atom is 0.337 e. The van der Waals surface area contributed by atoms with E-state index in [-0.39, 0.29) is 5.56 Å². The van der Waals surface area contributed by atoms with Gasteiger partial charge in [0, 0.05) is 17.5 Å². The van der Waals surface area contributed by atoms with Gasteiger partial charge in [-0.15, -0.1) is 0 Å². The smallest absolute Gasteiger partial charge is 0.337 e. The molecule has 0 saturated carbocycles. The van der Waals surface area contributed by atoms with Crippen LogP contribution in [0.15, 0.2) is 53.3 Å². The second kappa shape index (κ2) is 6.15. The van der Waals surface area contributed by atoms with E-state index >= 15 is 0 Å². The number of para-hydroxylation sites is 1. The van der Waals surface area contributed by atoms with Gasteiger partial charge in [-0.2, -0.15) is 0 Å². The average Bonchev–Trinajstić information content (AvgIpc) is 3.01. The predicted octanol–water partition coefficient (Wildman–Crippen LogP) is 3.35. The van der Waals surface area contributed by atoms with E-state index in [1.54, 1.807) is 24.3 Å². The number of ether oxygens (including phenoxy) is 1. The standard InChI is InChI=1S/C20H17N3O3/c1-3-23-15-7-5-4-6-14(15)16-18(23)21-17(22-19(16)24)12-8-10-13(11-9-12)20(25)26-2/h4-11H,3H2,1-2H3,(H,21,22,24).